The summed E-state index contributed by atoms with van der Waals surface area (Å²) in [5, 5.41) is 3.07. The Balaban J connectivity index is 1.59. The van der Waals surface area contributed by atoms with Gasteiger partial charge in [-0.1, -0.05) is 30.3 Å². The van der Waals surface area contributed by atoms with Gasteiger partial charge in [-0.25, -0.2) is 22.4 Å². The summed E-state index contributed by atoms with van der Waals surface area (Å²) in [7, 11) is 0. The lowest BCUT2D eigenvalue weighted by molar-refractivity contribution is -0.157. The van der Waals surface area contributed by atoms with Crippen LogP contribution in [-0.4, -0.2) is 28.5 Å². The first-order chi connectivity index (χ1) is 20.3. The Labute approximate surface area is 244 Å². The van der Waals surface area contributed by atoms with Crippen LogP contribution in [0.2, 0.25) is 0 Å². The van der Waals surface area contributed by atoms with Gasteiger partial charge in [0.15, 0.2) is 17.4 Å². The minimum absolute atomic E-state index is 0.0903. The second kappa shape index (κ2) is 12.6. The molecule has 1 heterocycles. The van der Waals surface area contributed by atoms with Gasteiger partial charge in [-0.2, -0.15) is 0 Å². The molecule has 1 aromatic heterocycles. The molecule has 0 fully saturated rings. The highest BCUT2D eigenvalue weighted by molar-refractivity contribution is 6.11. The van der Waals surface area contributed by atoms with E-state index in [4.69, 9.17) is 10.5 Å². The number of nitrogens with zero attached hydrogens (tertiary/aromatic N) is 1. The molecule has 224 valence electrons. The van der Waals surface area contributed by atoms with Gasteiger partial charge in [0.05, 0.1) is 11.1 Å². The van der Waals surface area contributed by atoms with Crippen molar-refractivity contribution in [2.75, 3.05) is 12.3 Å². The zero-order valence-corrected chi connectivity index (χ0v) is 23.6. The number of benzene rings is 3. The third-order valence-corrected chi connectivity index (χ3v) is 6.39. The second-order valence-corrected chi connectivity index (χ2v) is 10.7. The molecule has 0 aliphatic carbocycles. The molecule has 0 radical (unpaired) electrons. The van der Waals surface area contributed by atoms with Gasteiger partial charge in [0.25, 0.3) is 5.56 Å². The Bertz CT molecular complexity index is 1710. The van der Waals surface area contributed by atoms with E-state index in [0.29, 0.717) is 16.2 Å². The fraction of sp³-hybridized carbons (Fsp3) is 0.219. The number of nitrogens with one attached hydrogen (secondary N) is 1. The lowest BCUT2D eigenvalue weighted by atomic mass is 10.0. The molecule has 4 aromatic rings. The van der Waals surface area contributed by atoms with Crippen LogP contribution in [0.15, 0.2) is 77.6 Å². The number of nitrogen functional groups attached to an aromatic ring is 1. The first kappa shape index (κ1) is 31.2. The zero-order chi connectivity index (χ0) is 31.5. The number of ketones is 1. The molecule has 1 atom stereocenters. The van der Waals surface area contributed by atoms with Crippen molar-refractivity contribution in [3.8, 4) is 5.69 Å². The quantitative estimate of drug-likeness (QED) is 0.152. The molecular weight excluding hydrogens is 566 g/mol. The van der Waals surface area contributed by atoms with Crippen molar-refractivity contribution in [3.63, 3.8) is 0 Å². The molecule has 4 rings (SSSR count). The van der Waals surface area contributed by atoms with Crippen LogP contribution in [0.3, 0.4) is 0 Å². The first-order valence-electron chi connectivity index (χ1n) is 13.3. The number of hydrogen-bond donors (Lipinski definition) is 2. The predicted octanol–water partition coefficient (Wildman–Crippen LogP) is 5.42. The molecule has 0 saturated carbocycles. The molecule has 0 amide bonds. The average molecular weight is 596 g/mol. The number of anilines is 1. The molecule has 11 heteroatoms. The van der Waals surface area contributed by atoms with Crippen LogP contribution in [0.4, 0.5) is 23.4 Å². The summed E-state index contributed by atoms with van der Waals surface area (Å²) < 4.78 is 64.3. The van der Waals surface area contributed by atoms with E-state index in [2.05, 4.69) is 5.32 Å². The zero-order valence-electron chi connectivity index (χ0n) is 23.6. The van der Waals surface area contributed by atoms with Gasteiger partial charge in [-0.15, -0.1) is 0 Å². The van der Waals surface area contributed by atoms with E-state index in [1.807, 2.05) is 0 Å². The highest BCUT2D eigenvalue weighted by atomic mass is 19.1. The summed E-state index contributed by atoms with van der Waals surface area (Å²) >= 11 is 0. The highest BCUT2D eigenvalue weighted by Crippen LogP contribution is 2.25. The van der Waals surface area contributed by atoms with Crippen LogP contribution < -0.4 is 16.6 Å². The van der Waals surface area contributed by atoms with Crippen molar-refractivity contribution in [1.82, 2.24) is 9.88 Å². The summed E-state index contributed by atoms with van der Waals surface area (Å²) in [4.78, 5) is 38.5. The second-order valence-electron chi connectivity index (χ2n) is 10.7. The fourth-order valence-electron chi connectivity index (χ4n) is 4.48. The Morgan fingerprint density at radius 1 is 0.884 bits per heavy atom. The molecule has 43 heavy (non-hydrogen) atoms. The minimum atomic E-state index is -1.17. The highest BCUT2D eigenvalue weighted by Gasteiger charge is 2.27. The Hall–Kier alpha value is -4.77. The van der Waals surface area contributed by atoms with Gasteiger partial charge >= 0.3 is 5.97 Å². The lowest BCUT2D eigenvalue weighted by Gasteiger charge is -2.25. The van der Waals surface area contributed by atoms with E-state index < -0.39 is 74.9 Å². The number of halogens is 4. The topological polar surface area (TPSA) is 103 Å². The van der Waals surface area contributed by atoms with Crippen LogP contribution in [0.1, 0.15) is 53.9 Å². The average Bonchev–Trinajstić information content (AvgIpc) is 2.91. The number of nitrogens with two attached hydrogens (primary N) is 1. The van der Waals surface area contributed by atoms with Crippen molar-refractivity contribution >= 4 is 17.6 Å². The van der Waals surface area contributed by atoms with E-state index >= 15 is 8.78 Å². The molecule has 3 N–H and O–H groups in total. The number of rotatable bonds is 9. The van der Waals surface area contributed by atoms with Gasteiger partial charge < -0.3 is 15.8 Å². The SMILES string of the molecule is CC(C)(C)OC(=O)[C@@H](NCCc1cc(F)c(-n2c(N)c(C(=O)c3ccc(F)cc3F)ccc2=O)c(F)c1)c1ccccc1. The van der Waals surface area contributed by atoms with Crippen LogP contribution in [0.25, 0.3) is 5.69 Å². The molecule has 7 nitrogen and oxygen atoms in total. The largest absolute Gasteiger partial charge is 0.459 e. The monoisotopic (exact) mass is 595 g/mol. The summed E-state index contributed by atoms with van der Waals surface area (Å²) in [6.07, 6.45) is 0.0903. The van der Waals surface area contributed by atoms with E-state index in [-0.39, 0.29) is 18.5 Å². The summed E-state index contributed by atoms with van der Waals surface area (Å²) in [6, 6.07) is 14.1. The number of carbonyl (C=O) groups excluding carboxylic acids is 2. The van der Waals surface area contributed by atoms with Crippen molar-refractivity contribution in [2.45, 2.75) is 38.8 Å². The Morgan fingerprint density at radius 2 is 1.51 bits per heavy atom. The van der Waals surface area contributed by atoms with Crippen molar-refractivity contribution in [3.05, 3.63) is 129 Å². The molecule has 0 spiro atoms. The standard InChI is InChI=1S/C32H29F4N3O4/c1-32(2,3)43-31(42)27(19-7-5-4-6-8-19)38-14-13-18-15-24(35)28(25(36)16-18)39-26(40)12-11-22(30(39)37)29(41)21-10-9-20(33)17-23(21)34/h4-12,15-17,27,38H,13-14,37H2,1-3H3/t27-/m0/s1. The predicted molar refractivity (Wildman–Crippen MR) is 153 cm³/mol. The van der Waals surface area contributed by atoms with E-state index in [1.165, 1.54) is 0 Å². The molecular formula is C32H29F4N3O4. The normalized spacial score (nSPS) is 12.2. The van der Waals surface area contributed by atoms with Gasteiger partial charge in [0.2, 0.25) is 0 Å². The van der Waals surface area contributed by atoms with Gasteiger partial charge in [-0.05, 0) is 68.7 Å². The molecule has 3 aromatic carbocycles. The summed E-state index contributed by atoms with van der Waals surface area (Å²) in [6.45, 7) is 5.35. The number of aromatic nitrogens is 1. The molecule has 0 saturated heterocycles. The third kappa shape index (κ3) is 7.18. The maximum atomic E-state index is 15.3. The Morgan fingerprint density at radius 3 is 2.12 bits per heavy atom. The number of pyridine rings is 1. The smallest absolute Gasteiger partial charge is 0.328 e. The van der Waals surface area contributed by atoms with Crippen molar-refractivity contribution < 1.29 is 31.9 Å². The maximum Gasteiger partial charge on any atom is 0.328 e. The van der Waals surface area contributed by atoms with Crippen molar-refractivity contribution in [2.24, 2.45) is 0 Å². The molecule has 0 aliphatic rings. The first-order valence-corrected chi connectivity index (χ1v) is 13.3. The Kier molecular flexibility index (Phi) is 9.15. The lowest BCUT2D eigenvalue weighted by Crippen LogP contribution is -2.36. The van der Waals surface area contributed by atoms with Gasteiger partial charge in [0, 0.05) is 18.7 Å². The third-order valence-electron chi connectivity index (χ3n) is 6.39. The van der Waals surface area contributed by atoms with Crippen LogP contribution in [0.5, 0.6) is 0 Å². The number of esters is 1. The van der Waals surface area contributed by atoms with E-state index in [0.717, 1.165) is 36.4 Å². The number of hydrogen-bond acceptors (Lipinski definition) is 6. The van der Waals surface area contributed by atoms with Gasteiger partial charge in [0.1, 0.15) is 34.8 Å². The molecule has 0 aliphatic heterocycles. The van der Waals surface area contributed by atoms with Gasteiger partial charge in [-0.3, -0.25) is 14.2 Å². The molecule has 0 bridgehead atoms. The van der Waals surface area contributed by atoms with Crippen LogP contribution >= 0.6 is 0 Å². The maximum absolute atomic E-state index is 15.3. The number of carbonyl (C=O) groups is 2. The van der Waals surface area contributed by atoms with Crippen LogP contribution in [0, 0.1) is 23.3 Å². The number of ether oxygens (including phenoxy) is 1. The summed E-state index contributed by atoms with van der Waals surface area (Å²) in [5.74, 6) is -6.52. The fourth-order valence-corrected chi connectivity index (χ4v) is 4.48. The molecule has 0 unspecified atom stereocenters. The van der Waals surface area contributed by atoms with Crippen molar-refractivity contribution in [1.29, 1.82) is 0 Å². The van der Waals surface area contributed by atoms with Crippen LogP contribution in [-0.2, 0) is 16.0 Å². The van der Waals surface area contributed by atoms with E-state index in [1.54, 1.807) is 51.1 Å². The minimum Gasteiger partial charge on any atom is -0.459 e. The summed E-state index contributed by atoms with van der Waals surface area (Å²) in [5.41, 5.74) is 3.41. The van der Waals surface area contributed by atoms with E-state index in [9.17, 15) is 23.2 Å².